The lowest BCUT2D eigenvalue weighted by Gasteiger charge is -2.09. The Morgan fingerprint density at radius 2 is 2.08 bits per heavy atom. The van der Waals surface area contributed by atoms with Crippen LogP contribution in [0.1, 0.15) is 16.1 Å². The number of rotatable bonds is 3. The number of benzene rings is 1. The predicted molar refractivity (Wildman–Crippen MR) is 92.8 cm³/mol. The molecule has 3 aromatic heterocycles. The fraction of sp³-hybridized carbons (Fsp3) is 0.0556. The number of aryl methyl sites for hydroxylation is 1. The fourth-order valence-corrected chi connectivity index (χ4v) is 2.80. The summed E-state index contributed by atoms with van der Waals surface area (Å²) < 4.78 is 0. The second-order valence-corrected chi connectivity index (χ2v) is 5.62. The Labute approximate surface area is 137 Å². The van der Waals surface area contributed by atoms with Gasteiger partial charge in [-0.25, -0.2) is 9.78 Å². The molecule has 0 fully saturated rings. The minimum absolute atomic E-state index is 0.128. The molecule has 0 aliphatic carbocycles. The number of pyridine rings is 2. The van der Waals surface area contributed by atoms with Gasteiger partial charge in [0.1, 0.15) is 5.69 Å². The van der Waals surface area contributed by atoms with Gasteiger partial charge < -0.3 is 15.4 Å². The van der Waals surface area contributed by atoms with Crippen LogP contribution >= 0.6 is 0 Å². The van der Waals surface area contributed by atoms with Crippen molar-refractivity contribution in [1.82, 2.24) is 15.0 Å². The lowest BCUT2D eigenvalue weighted by atomic mass is 10.1. The van der Waals surface area contributed by atoms with Gasteiger partial charge in [-0.3, -0.25) is 4.98 Å². The van der Waals surface area contributed by atoms with Gasteiger partial charge in [0.2, 0.25) is 0 Å². The summed E-state index contributed by atoms with van der Waals surface area (Å²) in [6, 6.07) is 11.4. The Bertz CT molecular complexity index is 1080. The molecule has 118 valence electrons. The van der Waals surface area contributed by atoms with Gasteiger partial charge in [-0.2, -0.15) is 0 Å². The van der Waals surface area contributed by atoms with Gasteiger partial charge in [-0.1, -0.05) is 12.1 Å². The summed E-state index contributed by atoms with van der Waals surface area (Å²) in [6.07, 6.45) is 3.34. The zero-order chi connectivity index (χ0) is 16.7. The highest BCUT2D eigenvalue weighted by Crippen LogP contribution is 2.31. The molecule has 0 radical (unpaired) electrons. The number of carboxylic acids is 1. The van der Waals surface area contributed by atoms with Gasteiger partial charge in [0, 0.05) is 22.7 Å². The highest BCUT2D eigenvalue weighted by Gasteiger charge is 2.15. The minimum atomic E-state index is -1.00. The molecular weight excluding hydrogens is 304 g/mol. The third-order valence-electron chi connectivity index (χ3n) is 3.89. The molecule has 0 spiro atoms. The van der Waals surface area contributed by atoms with Gasteiger partial charge in [-0.05, 0) is 36.8 Å². The Morgan fingerprint density at radius 1 is 1.21 bits per heavy atom. The van der Waals surface area contributed by atoms with Crippen LogP contribution in [0.25, 0.3) is 21.8 Å². The summed E-state index contributed by atoms with van der Waals surface area (Å²) in [5.41, 5.74) is 3.50. The molecule has 0 aliphatic heterocycles. The number of fused-ring (bicyclic) bond motifs is 3. The number of hydrogen-bond donors (Lipinski definition) is 3. The number of hydrogen-bond acceptors (Lipinski definition) is 4. The number of nitrogens with zero attached hydrogens (tertiary/aromatic N) is 2. The molecule has 0 atom stereocenters. The predicted octanol–water partition coefficient (Wildman–Crippen LogP) is 3.86. The number of aromatic carboxylic acids is 1. The number of carbonyl (C=O) groups is 1. The summed E-state index contributed by atoms with van der Waals surface area (Å²) in [6.45, 7) is 2.01. The van der Waals surface area contributed by atoms with Crippen molar-refractivity contribution >= 4 is 39.3 Å². The topological polar surface area (TPSA) is 90.9 Å². The number of H-pyrrole nitrogens is 1. The highest BCUT2D eigenvalue weighted by atomic mass is 16.4. The average molecular weight is 318 g/mol. The zero-order valence-electron chi connectivity index (χ0n) is 12.9. The molecule has 0 unspecified atom stereocenters. The first-order chi connectivity index (χ1) is 11.6. The van der Waals surface area contributed by atoms with Crippen LogP contribution in [0.2, 0.25) is 0 Å². The maximum absolute atomic E-state index is 11.3. The van der Waals surface area contributed by atoms with Gasteiger partial charge in [0.15, 0.2) is 5.82 Å². The fourth-order valence-electron chi connectivity index (χ4n) is 2.80. The average Bonchev–Trinajstić information content (AvgIpc) is 3.01. The van der Waals surface area contributed by atoms with Gasteiger partial charge in [0.05, 0.1) is 17.2 Å². The normalized spacial score (nSPS) is 11.0. The Balaban J connectivity index is 1.96. The number of aromatic nitrogens is 3. The van der Waals surface area contributed by atoms with E-state index in [1.807, 2.05) is 37.3 Å². The lowest BCUT2D eigenvalue weighted by Crippen LogP contribution is -1.97. The summed E-state index contributed by atoms with van der Waals surface area (Å²) in [5.74, 6) is -0.432. The summed E-state index contributed by atoms with van der Waals surface area (Å²) in [5, 5.41) is 14.2. The maximum Gasteiger partial charge on any atom is 0.352 e. The van der Waals surface area contributed by atoms with Crippen molar-refractivity contribution in [1.29, 1.82) is 0 Å². The van der Waals surface area contributed by atoms with Crippen LogP contribution in [-0.2, 0) is 0 Å². The summed E-state index contributed by atoms with van der Waals surface area (Å²) in [4.78, 5) is 23.0. The van der Waals surface area contributed by atoms with E-state index >= 15 is 0 Å². The van der Waals surface area contributed by atoms with Crippen LogP contribution in [0.3, 0.4) is 0 Å². The molecule has 0 saturated heterocycles. The van der Waals surface area contributed by atoms with Gasteiger partial charge in [0.25, 0.3) is 0 Å². The number of anilines is 2. The monoisotopic (exact) mass is 318 g/mol. The van der Waals surface area contributed by atoms with Crippen LogP contribution in [0.4, 0.5) is 11.5 Å². The van der Waals surface area contributed by atoms with E-state index in [0.29, 0.717) is 16.9 Å². The van der Waals surface area contributed by atoms with Crippen molar-refractivity contribution in [2.24, 2.45) is 0 Å². The van der Waals surface area contributed by atoms with Crippen molar-refractivity contribution < 1.29 is 9.90 Å². The molecule has 0 aliphatic rings. The maximum atomic E-state index is 11.3. The van der Waals surface area contributed by atoms with Crippen molar-refractivity contribution in [3.63, 3.8) is 0 Å². The zero-order valence-corrected chi connectivity index (χ0v) is 12.9. The highest BCUT2D eigenvalue weighted by molar-refractivity contribution is 6.11. The molecule has 6 nitrogen and oxygen atoms in total. The molecular formula is C18H14N4O2. The number of carboxylic acid groups (broad SMARTS) is 1. The molecule has 4 rings (SSSR count). The smallest absolute Gasteiger partial charge is 0.352 e. The third-order valence-corrected chi connectivity index (χ3v) is 3.89. The molecule has 3 heterocycles. The summed E-state index contributed by atoms with van der Waals surface area (Å²) >= 11 is 0. The first-order valence-corrected chi connectivity index (χ1v) is 7.45. The van der Waals surface area contributed by atoms with Gasteiger partial charge >= 0.3 is 5.97 Å². The molecule has 24 heavy (non-hydrogen) atoms. The van der Waals surface area contributed by atoms with Crippen LogP contribution in [0.15, 0.2) is 48.8 Å². The number of aromatic amines is 1. The van der Waals surface area contributed by atoms with E-state index in [2.05, 4.69) is 20.3 Å². The van der Waals surface area contributed by atoms with E-state index in [1.54, 1.807) is 18.5 Å². The molecule has 6 heteroatoms. The molecule has 0 bridgehead atoms. The SMILES string of the molecule is Cc1cccc(Nc2nc3cnccc3c3cc(C(=O)O)[nH]c23)c1. The minimum Gasteiger partial charge on any atom is -0.477 e. The molecule has 3 N–H and O–H groups in total. The van der Waals surface area contributed by atoms with Crippen LogP contribution in [0, 0.1) is 6.92 Å². The Kier molecular flexibility index (Phi) is 3.16. The standard InChI is InChI=1S/C18H14N4O2/c1-10-3-2-4-11(7-10)20-17-16-13(8-14(21-16)18(23)24)12-5-6-19-9-15(12)22-17/h2-9,21H,1H3,(H,20,22)(H,23,24). The molecule has 4 aromatic rings. The van der Waals surface area contributed by atoms with E-state index in [9.17, 15) is 9.90 Å². The van der Waals surface area contributed by atoms with Gasteiger partial charge in [-0.15, -0.1) is 0 Å². The van der Waals surface area contributed by atoms with Crippen molar-refractivity contribution in [3.05, 3.63) is 60.0 Å². The Hall–Kier alpha value is -3.41. The van der Waals surface area contributed by atoms with E-state index in [-0.39, 0.29) is 5.69 Å². The van der Waals surface area contributed by atoms with E-state index in [1.165, 1.54) is 0 Å². The van der Waals surface area contributed by atoms with Crippen molar-refractivity contribution in [2.75, 3.05) is 5.32 Å². The molecule has 0 saturated carbocycles. The second-order valence-electron chi connectivity index (χ2n) is 5.62. The summed E-state index contributed by atoms with van der Waals surface area (Å²) in [7, 11) is 0. The van der Waals surface area contributed by atoms with Crippen molar-refractivity contribution in [2.45, 2.75) is 6.92 Å². The van der Waals surface area contributed by atoms with E-state index in [4.69, 9.17) is 0 Å². The lowest BCUT2D eigenvalue weighted by molar-refractivity contribution is 0.0691. The Morgan fingerprint density at radius 3 is 2.88 bits per heavy atom. The van der Waals surface area contributed by atoms with Crippen LogP contribution in [0.5, 0.6) is 0 Å². The number of nitrogens with one attached hydrogen (secondary N) is 2. The second kappa shape index (κ2) is 5.34. The molecule has 1 aromatic carbocycles. The largest absolute Gasteiger partial charge is 0.477 e. The first-order valence-electron chi connectivity index (χ1n) is 7.45. The first kappa shape index (κ1) is 14.2. The third kappa shape index (κ3) is 2.34. The molecule has 0 amide bonds. The van der Waals surface area contributed by atoms with Crippen molar-refractivity contribution in [3.8, 4) is 0 Å². The quantitative estimate of drug-likeness (QED) is 0.533. The van der Waals surface area contributed by atoms with E-state index in [0.717, 1.165) is 22.0 Å². The van der Waals surface area contributed by atoms with E-state index < -0.39 is 5.97 Å². The van der Waals surface area contributed by atoms with Crippen LogP contribution in [-0.4, -0.2) is 26.0 Å². The van der Waals surface area contributed by atoms with Crippen LogP contribution < -0.4 is 5.32 Å².